The Labute approximate surface area is 117 Å². The number of nitrogens with one attached hydrogen (secondary N) is 1. The van der Waals surface area contributed by atoms with Crippen LogP contribution in [0.5, 0.6) is 5.75 Å². The van der Waals surface area contributed by atoms with Crippen LogP contribution < -0.4 is 15.8 Å². The van der Waals surface area contributed by atoms with E-state index < -0.39 is 0 Å². The van der Waals surface area contributed by atoms with Gasteiger partial charge >= 0.3 is 0 Å². The van der Waals surface area contributed by atoms with E-state index >= 15 is 0 Å². The van der Waals surface area contributed by atoms with Crippen molar-refractivity contribution >= 4 is 17.5 Å². The van der Waals surface area contributed by atoms with Crippen LogP contribution >= 0.6 is 11.6 Å². The summed E-state index contributed by atoms with van der Waals surface area (Å²) in [5.41, 5.74) is 6.63. The second kappa shape index (κ2) is 7.62. The highest BCUT2D eigenvalue weighted by molar-refractivity contribution is 6.32. The van der Waals surface area contributed by atoms with Crippen LogP contribution in [-0.4, -0.2) is 19.1 Å². The Hall–Kier alpha value is -1.77. The van der Waals surface area contributed by atoms with Gasteiger partial charge in [0.15, 0.2) is 6.61 Å². The van der Waals surface area contributed by atoms with Crippen molar-refractivity contribution in [1.29, 1.82) is 5.26 Å². The maximum Gasteiger partial charge on any atom is 0.257 e. The SMILES string of the molecule is CC(N)c1ccc(OCC(=O)NCCC#N)c(Cl)c1. The molecule has 6 heteroatoms. The molecule has 0 spiro atoms. The second-order valence-corrected chi connectivity index (χ2v) is 4.43. The average Bonchev–Trinajstić information content (AvgIpc) is 2.37. The fraction of sp³-hybridized carbons (Fsp3) is 0.385. The summed E-state index contributed by atoms with van der Waals surface area (Å²) in [5.74, 6) is 0.143. The van der Waals surface area contributed by atoms with Crippen molar-refractivity contribution in [2.45, 2.75) is 19.4 Å². The molecule has 1 aromatic rings. The second-order valence-electron chi connectivity index (χ2n) is 4.03. The van der Waals surface area contributed by atoms with E-state index in [1.807, 2.05) is 13.0 Å². The number of nitriles is 1. The molecule has 0 heterocycles. The Morgan fingerprint density at radius 2 is 2.37 bits per heavy atom. The molecule has 0 bridgehead atoms. The summed E-state index contributed by atoms with van der Waals surface area (Å²) in [6, 6.07) is 7.03. The third kappa shape index (κ3) is 5.16. The van der Waals surface area contributed by atoms with Crippen LogP contribution in [-0.2, 0) is 4.79 Å². The molecule has 0 aromatic heterocycles. The van der Waals surface area contributed by atoms with Gasteiger partial charge < -0.3 is 15.8 Å². The molecule has 1 aromatic carbocycles. The maximum atomic E-state index is 11.4. The number of benzene rings is 1. The van der Waals surface area contributed by atoms with E-state index in [9.17, 15) is 4.79 Å². The first-order valence-electron chi connectivity index (χ1n) is 5.86. The number of hydrogen-bond donors (Lipinski definition) is 2. The maximum absolute atomic E-state index is 11.4. The van der Waals surface area contributed by atoms with Crippen molar-refractivity contribution < 1.29 is 9.53 Å². The Kier molecular flexibility index (Phi) is 6.13. The van der Waals surface area contributed by atoms with Gasteiger partial charge in [0.05, 0.1) is 17.5 Å². The smallest absolute Gasteiger partial charge is 0.257 e. The highest BCUT2D eigenvalue weighted by Crippen LogP contribution is 2.27. The quantitative estimate of drug-likeness (QED) is 0.778. The van der Waals surface area contributed by atoms with E-state index in [1.54, 1.807) is 18.2 Å². The summed E-state index contributed by atoms with van der Waals surface area (Å²) in [6.45, 7) is 2.04. The lowest BCUT2D eigenvalue weighted by atomic mass is 10.1. The van der Waals surface area contributed by atoms with Crippen LogP contribution in [0.4, 0.5) is 0 Å². The summed E-state index contributed by atoms with van der Waals surface area (Å²) in [5, 5.41) is 11.3. The van der Waals surface area contributed by atoms with Crippen LogP contribution in [0.3, 0.4) is 0 Å². The van der Waals surface area contributed by atoms with Gasteiger partial charge in [0.1, 0.15) is 5.75 Å². The number of rotatable bonds is 6. The third-order valence-electron chi connectivity index (χ3n) is 2.40. The van der Waals surface area contributed by atoms with Crippen molar-refractivity contribution in [3.8, 4) is 11.8 Å². The predicted molar refractivity (Wildman–Crippen MR) is 72.8 cm³/mol. The highest BCUT2D eigenvalue weighted by atomic mass is 35.5. The van der Waals surface area contributed by atoms with E-state index in [2.05, 4.69) is 5.32 Å². The molecule has 3 N–H and O–H groups in total. The fourth-order valence-electron chi connectivity index (χ4n) is 1.37. The van der Waals surface area contributed by atoms with Gasteiger partial charge in [0.2, 0.25) is 0 Å². The molecule has 1 rings (SSSR count). The summed E-state index contributed by atoms with van der Waals surface area (Å²) >= 11 is 6.03. The monoisotopic (exact) mass is 281 g/mol. The summed E-state index contributed by atoms with van der Waals surface area (Å²) in [4.78, 5) is 11.4. The number of carbonyl (C=O) groups is 1. The fourth-order valence-corrected chi connectivity index (χ4v) is 1.61. The molecular formula is C13H16ClN3O2. The number of ether oxygens (including phenoxy) is 1. The standard InChI is InChI=1S/C13H16ClN3O2/c1-9(16)10-3-4-12(11(14)7-10)19-8-13(18)17-6-2-5-15/h3-4,7,9H,2,6,8,16H2,1H3,(H,17,18). The van der Waals surface area contributed by atoms with E-state index in [4.69, 9.17) is 27.3 Å². The Bertz CT molecular complexity index is 483. The van der Waals surface area contributed by atoms with Crippen LogP contribution in [0.2, 0.25) is 5.02 Å². The Morgan fingerprint density at radius 3 is 2.95 bits per heavy atom. The zero-order valence-corrected chi connectivity index (χ0v) is 11.4. The van der Waals surface area contributed by atoms with Crippen molar-refractivity contribution in [2.24, 2.45) is 5.73 Å². The van der Waals surface area contributed by atoms with Gasteiger partial charge in [-0.2, -0.15) is 5.26 Å². The molecular weight excluding hydrogens is 266 g/mol. The molecule has 102 valence electrons. The normalized spacial score (nSPS) is 11.5. The van der Waals surface area contributed by atoms with Crippen LogP contribution in [0.1, 0.15) is 24.9 Å². The van der Waals surface area contributed by atoms with Gasteiger partial charge in [-0.3, -0.25) is 4.79 Å². The number of carbonyl (C=O) groups excluding carboxylic acids is 1. The van der Waals surface area contributed by atoms with Gasteiger partial charge in [0, 0.05) is 12.6 Å². The molecule has 1 amide bonds. The molecule has 1 atom stereocenters. The summed E-state index contributed by atoms with van der Waals surface area (Å²) in [6.07, 6.45) is 0.273. The first-order valence-corrected chi connectivity index (χ1v) is 6.24. The van der Waals surface area contributed by atoms with Gasteiger partial charge in [-0.05, 0) is 24.6 Å². The minimum atomic E-state index is -0.289. The molecule has 0 saturated carbocycles. The molecule has 0 radical (unpaired) electrons. The lowest BCUT2D eigenvalue weighted by molar-refractivity contribution is -0.123. The van der Waals surface area contributed by atoms with Crippen molar-refractivity contribution in [1.82, 2.24) is 5.32 Å². The van der Waals surface area contributed by atoms with Gasteiger partial charge in [-0.15, -0.1) is 0 Å². The van der Waals surface area contributed by atoms with Gasteiger partial charge in [-0.1, -0.05) is 17.7 Å². The molecule has 0 aliphatic carbocycles. The lowest BCUT2D eigenvalue weighted by Gasteiger charge is -2.11. The van der Waals surface area contributed by atoms with Crippen LogP contribution in [0.15, 0.2) is 18.2 Å². The molecule has 0 fully saturated rings. The Morgan fingerprint density at radius 1 is 1.63 bits per heavy atom. The minimum absolute atomic E-state index is 0.110. The molecule has 19 heavy (non-hydrogen) atoms. The van der Waals surface area contributed by atoms with Crippen molar-refractivity contribution in [2.75, 3.05) is 13.2 Å². The molecule has 0 aliphatic rings. The van der Waals surface area contributed by atoms with Gasteiger partial charge in [-0.25, -0.2) is 0 Å². The third-order valence-corrected chi connectivity index (χ3v) is 2.69. The lowest BCUT2D eigenvalue weighted by Crippen LogP contribution is -2.29. The number of nitrogens with zero attached hydrogens (tertiary/aromatic N) is 1. The topological polar surface area (TPSA) is 88.1 Å². The summed E-state index contributed by atoms with van der Waals surface area (Å²) < 4.78 is 5.30. The largest absolute Gasteiger partial charge is 0.482 e. The zero-order valence-electron chi connectivity index (χ0n) is 10.6. The van der Waals surface area contributed by atoms with Gasteiger partial charge in [0.25, 0.3) is 5.91 Å². The van der Waals surface area contributed by atoms with E-state index in [0.717, 1.165) is 5.56 Å². The van der Waals surface area contributed by atoms with E-state index in [1.165, 1.54) is 0 Å². The van der Waals surface area contributed by atoms with Crippen molar-refractivity contribution in [3.05, 3.63) is 28.8 Å². The average molecular weight is 282 g/mol. The zero-order chi connectivity index (χ0) is 14.3. The van der Waals surface area contributed by atoms with Crippen LogP contribution in [0.25, 0.3) is 0 Å². The molecule has 0 aliphatic heterocycles. The van der Waals surface area contributed by atoms with E-state index in [-0.39, 0.29) is 25.0 Å². The molecule has 1 unspecified atom stereocenters. The Balaban J connectivity index is 2.50. The first-order chi connectivity index (χ1) is 9.04. The van der Waals surface area contributed by atoms with Crippen LogP contribution in [0, 0.1) is 11.3 Å². The number of hydrogen-bond acceptors (Lipinski definition) is 4. The minimum Gasteiger partial charge on any atom is -0.482 e. The number of halogens is 1. The predicted octanol–water partition coefficient (Wildman–Crippen LogP) is 1.77. The molecule has 0 saturated heterocycles. The highest BCUT2D eigenvalue weighted by Gasteiger charge is 2.08. The van der Waals surface area contributed by atoms with Crippen molar-refractivity contribution in [3.63, 3.8) is 0 Å². The first kappa shape index (κ1) is 15.3. The van der Waals surface area contributed by atoms with E-state index in [0.29, 0.717) is 17.3 Å². The summed E-state index contributed by atoms with van der Waals surface area (Å²) in [7, 11) is 0. The molecule has 5 nitrogen and oxygen atoms in total. The number of nitrogens with two attached hydrogens (primary N) is 1. The number of amides is 1.